The summed E-state index contributed by atoms with van der Waals surface area (Å²) < 4.78 is 30.3. The fraction of sp³-hybridized carbons (Fsp3) is 0.360. The molecular weight excluding hydrogens is 442 g/mol. The molecule has 1 fully saturated rings. The summed E-state index contributed by atoms with van der Waals surface area (Å²) in [6, 6.07) is 8.35. The Bertz CT molecular complexity index is 1410. The molecule has 34 heavy (non-hydrogen) atoms. The molecule has 1 amide bonds. The lowest BCUT2D eigenvalue weighted by molar-refractivity contribution is -0.140. The molecule has 1 saturated carbocycles. The first-order valence-corrected chi connectivity index (χ1v) is 11.3. The van der Waals surface area contributed by atoms with Crippen LogP contribution in [0.3, 0.4) is 0 Å². The number of oxime groups is 1. The van der Waals surface area contributed by atoms with Gasteiger partial charge in [0.15, 0.2) is 0 Å². The maximum absolute atomic E-state index is 14.1. The maximum Gasteiger partial charge on any atom is 0.341 e. The first kappa shape index (κ1) is 20.9. The van der Waals surface area contributed by atoms with Crippen LogP contribution in [0.1, 0.15) is 67.2 Å². The van der Waals surface area contributed by atoms with Gasteiger partial charge >= 0.3 is 5.97 Å². The van der Waals surface area contributed by atoms with E-state index in [1.165, 1.54) is 6.07 Å². The minimum Gasteiger partial charge on any atom is -0.338 e. The monoisotopic (exact) mass is 464 g/mol. The van der Waals surface area contributed by atoms with Gasteiger partial charge in [0.25, 0.3) is 6.43 Å². The molecule has 7 nitrogen and oxygen atoms in total. The van der Waals surface area contributed by atoms with E-state index in [0.29, 0.717) is 17.8 Å². The molecule has 3 heterocycles. The summed E-state index contributed by atoms with van der Waals surface area (Å²) in [5.41, 5.74) is 2.62. The van der Waals surface area contributed by atoms with Crippen molar-refractivity contribution < 1.29 is 23.2 Å². The third-order valence-corrected chi connectivity index (χ3v) is 6.91. The SMILES string of the molecule is CC1C(=O)N(C)Cc2c(-c3cccc4cc(C5=NOC(=O)C5)c(C(F)F)cc34)nc(C3CC3)n21. The van der Waals surface area contributed by atoms with Crippen LogP contribution in [0.2, 0.25) is 0 Å². The third-order valence-electron chi connectivity index (χ3n) is 6.91. The van der Waals surface area contributed by atoms with Crippen molar-refractivity contribution in [3.8, 4) is 11.3 Å². The van der Waals surface area contributed by atoms with E-state index in [1.807, 2.05) is 29.7 Å². The van der Waals surface area contributed by atoms with E-state index in [1.54, 1.807) is 18.0 Å². The van der Waals surface area contributed by atoms with Crippen LogP contribution in [-0.2, 0) is 21.0 Å². The Morgan fingerprint density at radius 1 is 1.15 bits per heavy atom. The molecule has 2 aromatic carbocycles. The average molecular weight is 464 g/mol. The van der Waals surface area contributed by atoms with Crippen LogP contribution in [0, 0.1) is 0 Å². The normalized spacial score (nSPS) is 20.2. The molecule has 174 valence electrons. The second kappa shape index (κ2) is 7.44. The number of rotatable bonds is 4. The zero-order valence-electron chi connectivity index (χ0n) is 18.7. The molecule has 6 rings (SSSR count). The Morgan fingerprint density at radius 2 is 1.94 bits per heavy atom. The molecule has 0 radical (unpaired) electrons. The number of halogens is 2. The van der Waals surface area contributed by atoms with E-state index < -0.39 is 12.4 Å². The standard InChI is InChI=1S/C25H22F2N4O3/c1-12-25(33)30(2)11-20-22(28-24(31(12)20)13-6-7-13)15-5-3-4-14-8-17(19-10-21(32)34-29-19)18(23(26)27)9-16(14)15/h3-5,8-9,12-13,23H,6-7,10-11H2,1-2H3. The van der Waals surface area contributed by atoms with Crippen molar-refractivity contribution >= 4 is 28.4 Å². The molecule has 2 aliphatic heterocycles. The summed E-state index contributed by atoms with van der Waals surface area (Å²) >= 11 is 0. The molecule has 3 aromatic rings. The molecule has 0 saturated heterocycles. The van der Waals surface area contributed by atoms with Crippen LogP contribution in [0.4, 0.5) is 8.78 Å². The summed E-state index contributed by atoms with van der Waals surface area (Å²) in [6.45, 7) is 2.29. The minimum absolute atomic E-state index is 0.0370. The van der Waals surface area contributed by atoms with Gasteiger partial charge in [0.05, 0.1) is 30.1 Å². The number of amides is 1. The summed E-state index contributed by atoms with van der Waals surface area (Å²) in [5.74, 6) is 0.698. The minimum atomic E-state index is -2.76. The number of nitrogens with zero attached hydrogens (tertiary/aromatic N) is 4. The summed E-state index contributed by atoms with van der Waals surface area (Å²) in [5, 5.41) is 5.09. The number of likely N-dealkylation sites (N-methyl/N-ethyl adjacent to an activating group) is 1. The second-order valence-electron chi connectivity index (χ2n) is 9.22. The number of benzene rings is 2. The number of imidazole rings is 1. The molecule has 1 aliphatic carbocycles. The average Bonchev–Trinajstić information content (AvgIpc) is 3.46. The quantitative estimate of drug-likeness (QED) is 0.525. The van der Waals surface area contributed by atoms with Gasteiger partial charge in [-0.15, -0.1) is 0 Å². The molecule has 0 bridgehead atoms. The third kappa shape index (κ3) is 3.13. The van der Waals surface area contributed by atoms with Crippen molar-refractivity contribution in [1.82, 2.24) is 14.5 Å². The maximum atomic E-state index is 14.1. The molecule has 0 N–H and O–H groups in total. The molecule has 1 atom stereocenters. The van der Waals surface area contributed by atoms with Gasteiger partial charge in [0, 0.05) is 29.7 Å². The van der Waals surface area contributed by atoms with Gasteiger partial charge < -0.3 is 14.3 Å². The Morgan fingerprint density at radius 3 is 2.62 bits per heavy atom. The first-order chi connectivity index (χ1) is 16.3. The van der Waals surface area contributed by atoms with Gasteiger partial charge in [-0.05, 0) is 42.7 Å². The molecular formula is C25H22F2N4O3. The van der Waals surface area contributed by atoms with Crippen LogP contribution in [0.25, 0.3) is 22.0 Å². The zero-order chi connectivity index (χ0) is 23.7. The zero-order valence-corrected chi connectivity index (χ0v) is 18.7. The van der Waals surface area contributed by atoms with Crippen LogP contribution in [0.5, 0.6) is 0 Å². The number of fused-ring (bicyclic) bond motifs is 2. The highest BCUT2D eigenvalue weighted by molar-refractivity contribution is 6.14. The highest BCUT2D eigenvalue weighted by Crippen LogP contribution is 2.45. The van der Waals surface area contributed by atoms with E-state index in [-0.39, 0.29) is 35.2 Å². The van der Waals surface area contributed by atoms with E-state index in [2.05, 4.69) is 9.99 Å². The van der Waals surface area contributed by atoms with Crippen molar-refractivity contribution in [3.63, 3.8) is 0 Å². The lowest BCUT2D eigenvalue weighted by Crippen LogP contribution is -2.39. The van der Waals surface area contributed by atoms with E-state index in [0.717, 1.165) is 41.0 Å². The Kier molecular flexibility index (Phi) is 4.59. The Balaban J connectivity index is 1.57. The summed E-state index contributed by atoms with van der Waals surface area (Å²) in [4.78, 5) is 35.5. The van der Waals surface area contributed by atoms with Gasteiger partial charge in [-0.25, -0.2) is 18.6 Å². The first-order valence-electron chi connectivity index (χ1n) is 11.3. The topological polar surface area (TPSA) is 76.8 Å². The molecule has 1 unspecified atom stereocenters. The van der Waals surface area contributed by atoms with E-state index >= 15 is 0 Å². The van der Waals surface area contributed by atoms with Crippen LogP contribution in [-0.4, -0.2) is 39.1 Å². The van der Waals surface area contributed by atoms with Crippen molar-refractivity contribution in [2.75, 3.05) is 7.05 Å². The predicted molar refractivity (Wildman–Crippen MR) is 121 cm³/mol. The predicted octanol–water partition coefficient (Wildman–Crippen LogP) is 4.70. The smallest absolute Gasteiger partial charge is 0.338 e. The van der Waals surface area contributed by atoms with Crippen molar-refractivity contribution in [1.29, 1.82) is 0 Å². The highest BCUT2D eigenvalue weighted by atomic mass is 19.3. The van der Waals surface area contributed by atoms with Gasteiger partial charge in [0.1, 0.15) is 11.9 Å². The fourth-order valence-corrected chi connectivity index (χ4v) is 5.08. The van der Waals surface area contributed by atoms with Gasteiger partial charge in [-0.1, -0.05) is 23.4 Å². The number of hydrogen-bond donors (Lipinski definition) is 0. The van der Waals surface area contributed by atoms with E-state index in [4.69, 9.17) is 4.98 Å². The second-order valence-corrected chi connectivity index (χ2v) is 9.22. The number of alkyl halides is 2. The number of aromatic nitrogens is 2. The van der Waals surface area contributed by atoms with Crippen molar-refractivity contribution in [2.24, 2.45) is 5.16 Å². The largest absolute Gasteiger partial charge is 0.341 e. The van der Waals surface area contributed by atoms with Gasteiger partial charge in [0.2, 0.25) is 5.91 Å². The van der Waals surface area contributed by atoms with Crippen LogP contribution in [0.15, 0.2) is 35.5 Å². The number of hydrogen-bond acceptors (Lipinski definition) is 5. The molecule has 0 spiro atoms. The van der Waals surface area contributed by atoms with Gasteiger partial charge in [-0.2, -0.15) is 0 Å². The van der Waals surface area contributed by atoms with Crippen molar-refractivity contribution in [3.05, 3.63) is 53.0 Å². The molecule has 9 heteroatoms. The van der Waals surface area contributed by atoms with Crippen LogP contribution >= 0.6 is 0 Å². The highest BCUT2D eigenvalue weighted by Gasteiger charge is 2.38. The molecule has 1 aromatic heterocycles. The summed E-state index contributed by atoms with van der Waals surface area (Å²) in [6.07, 6.45) is -0.830. The lowest BCUT2D eigenvalue weighted by Gasteiger charge is -2.31. The molecule has 3 aliphatic rings. The number of carbonyl (C=O) groups is 2. The number of carbonyl (C=O) groups excluding carboxylic acids is 2. The summed E-state index contributed by atoms with van der Waals surface area (Å²) in [7, 11) is 1.77. The van der Waals surface area contributed by atoms with Crippen LogP contribution < -0.4 is 0 Å². The Labute approximate surface area is 194 Å². The van der Waals surface area contributed by atoms with Crippen molar-refractivity contribution in [2.45, 2.75) is 51.1 Å². The fourth-order valence-electron chi connectivity index (χ4n) is 5.08. The van der Waals surface area contributed by atoms with E-state index in [9.17, 15) is 18.4 Å². The lowest BCUT2D eigenvalue weighted by atomic mass is 9.93. The van der Waals surface area contributed by atoms with Gasteiger partial charge in [-0.3, -0.25) is 4.79 Å². The Hall–Kier alpha value is -3.62.